The molecule has 0 amide bonds. The van der Waals surface area contributed by atoms with E-state index in [9.17, 15) is 5.11 Å². The summed E-state index contributed by atoms with van der Waals surface area (Å²) < 4.78 is 0. The Morgan fingerprint density at radius 3 is 2.06 bits per heavy atom. The topological polar surface area (TPSA) is 20.2 Å². The Bertz CT molecular complexity index is 459. The summed E-state index contributed by atoms with van der Waals surface area (Å²) >= 11 is 0. The highest BCUT2D eigenvalue weighted by Gasteiger charge is 2.47. The van der Waals surface area contributed by atoms with Gasteiger partial charge < -0.3 is 5.11 Å². The predicted molar refractivity (Wildman–Crippen MR) is 76.8 cm³/mol. The Kier molecular flexibility index (Phi) is 3.31. The van der Waals surface area contributed by atoms with Gasteiger partial charge in [-0.2, -0.15) is 0 Å². The number of benzene rings is 1. The van der Waals surface area contributed by atoms with Crippen LogP contribution in [0.4, 0.5) is 0 Å². The number of rotatable bonds is 1. The first kappa shape index (κ1) is 13.6. The molecule has 0 aromatic heterocycles. The van der Waals surface area contributed by atoms with Crippen LogP contribution in [0.25, 0.3) is 0 Å². The Balaban J connectivity index is 2.56. The molecule has 1 saturated carbocycles. The standard InChI is InChI=1S/C17H26O/c1-12-10-14(3)15(11-13(12)2)17(18)9-7-6-8-16(17,4)5/h10-11,18H,6-9H2,1-5H3. The minimum Gasteiger partial charge on any atom is -0.385 e. The maximum atomic E-state index is 11.3. The molecule has 0 spiro atoms. The monoisotopic (exact) mass is 246 g/mol. The third-order valence-electron chi connectivity index (χ3n) is 5.00. The molecule has 1 aromatic carbocycles. The highest BCUT2D eigenvalue weighted by Crippen LogP contribution is 2.51. The zero-order valence-corrected chi connectivity index (χ0v) is 12.4. The molecule has 1 aliphatic carbocycles. The van der Waals surface area contributed by atoms with Crippen molar-refractivity contribution in [2.24, 2.45) is 5.41 Å². The van der Waals surface area contributed by atoms with E-state index in [-0.39, 0.29) is 5.41 Å². The second kappa shape index (κ2) is 4.38. The van der Waals surface area contributed by atoms with Gasteiger partial charge in [0.05, 0.1) is 5.60 Å². The molecular formula is C17H26O. The zero-order chi connectivity index (χ0) is 13.6. The summed E-state index contributed by atoms with van der Waals surface area (Å²) in [5, 5.41) is 11.3. The second-order valence-electron chi connectivity index (χ2n) is 6.70. The van der Waals surface area contributed by atoms with Crippen molar-refractivity contribution in [3.63, 3.8) is 0 Å². The van der Waals surface area contributed by atoms with E-state index in [0.29, 0.717) is 0 Å². The van der Waals surface area contributed by atoms with E-state index in [1.165, 1.54) is 23.1 Å². The van der Waals surface area contributed by atoms with Gasteiger partial charge in [-0.3, -0.25) is 0 Å². The predicted octanol–water partition coefficient (Wildman–Crippen LogP) is 4.40. The highest BCUT2D eigenvalue weighted by molar-refractivity contribution is 5.41. The van der Waals surface area contributed by atoms with Crippen molar-refractivity contribution in [3.8, 4) is 0 Å². The van der Waals surface area contributed by atoms with Crippen molar-refractivity contribution >= 4 is 0 Å². The summed E-state index contributed by atoms with van der Waals surface area (Å²) in [5.74, 6) is 0. The summed E-state index contributed by atoms with van der Waals surface area (Å²) in [6.45, 7) is 10.8. The van der Waals surface area contributed by atoms with Gasteiger partial charge in [0.2, 0.25) is 0 Å². The van der Waals surface area contributed by atoms with Gasteiger partial charge in [0.1, 0.15) is 0 Å². The third kappa shape index (κ3) is 1.99. The van der Waals surface area contributed by atoms with Gasteiger partial charge in [-0.15, -0.1) is 0 Å². The van der Waals surface area contributed by atoms with Gasteiger partial charge in [-0.05, 0) is 61.3 Å². The molecule has 1 N–H and O–H groups in total. The molecule has 1 aromatic rings. The molecule has 100 valence electrons. The first-order chi connectivity index (χ1) is 8.28. The molecule has 1 heteroatoms. The van der Waals surface area contributed by atoms with Crippen LogP contribution < -0.4 is 0 Å². The maximum Gasteiger partial charge on any atom is 0.0949 e. The van der Waals surface area contributed by atoms with Gasteiger partial charge in [0, 0.05) is 0 Å². The third-order valence-corrected chi connectivity index (χ3v) is 5.00. The van der Waals surface area contributed by atoms with E-state index in [1.807, 2.05) is 0 Å². The molecule has 1 atom stereocenters. The van der Waals surface area contributed by atoms with Gasteiger partial charge in [-0.25, -0.2) is 0 Å². The van der Waals surface area contributed by atoms with Crippen LogP contribution in [0.15, 0.2) is 12.1 Å². The lowest BCUT2D eigenvalue weighted by molar-refractivity contribution is -0.104. The average Bonchev–Trinajstić information content (AvgIpc) is 2.27. The lowest BCUT2D eigenvalue weighted by Gasteiger charge is -2.47. The van der Waals surface area contributed by atoms with E-state index in [4.69, 9.17) is 0 Å². The summed E-state index contributed by atoms with van der Waals surface area (Å²) in [6.07, 6.45) is 4.37. The van der Waals surface area contributed by atoms with Crippen LogP contribution in [0, 0.1) is 26.2 Å². The second-order valence-corrected chi connectivity index (χ2v) is 6.70. The van der Waals surface area contributed by atoms with Crippen LogP contribution in [0.2, 0.25) is 0 Å². The molecule has 0 saturated heterocycles. The molecule has 2 rings (SSSR count). The molecule has 0 bridgehead atoms. The van der Waals surface area contributed by atoms with Gasteiger partial charge in [0.25, 0.3) is 0 Å². The van der Waals surface area contributed by atoms with Crippen LogP contribution in [0.3, 0.4) is 0 Å². The number of hydrogen-bond acceptors (Lipinski definition) is 1. The molecule has 1 aliphatic rings. The van der Waals surface area contributed by atoms with Crippen molar-refractivity contribution < 1.29 is 5.11 Å². The zero-order valence-electron chi connectivity index (χ0n) is 12.4. The van der Waals surface area contributed by atoms with E-state index >= 15 is 0 Å². The largest absolute Gasteiger partial charge is 0.385 e. The number of aryl methyl sites for hydroxylation is 3. The molecule has 1 unspecified atom stereocenters. The average molecular weight is 246 g/mol. The first-order valence-corrected chi connectivity index (χ1v) is 7.09. The maximum absolute atomic E-state index is 11.3. The van der Waals surface area contributed by atoms with E-state index < -0.39 is 5.60 Å². The number of hydrogen-bond donors (Lipinski definition) is 1. The Labute approximate surface area is 111 Å². The quantitative estimate of drug-likeness (QED) is 0.778. The molecule has 1 nitrogen and oxygen atoms in total. The van der Waals surface area contributed by atoms with Crippen LogP contribution in [0.1, 0.15) is 61.8 Å². The van der Waals surface area contributed by atoms with Crippen LogP contribution in [0.5, 0.6) is 0 Å². The minimum atomic E-state index is -0.659. The van der Waals surface area contributed by atoms with Crippen LogP contribution in [-0.4, -0.2) is 5.11 Å². The molecule has 1 fully saturated rings. The van der Waals surface area contributed by atoms with Crippen molar-refractivity contribution in [1.82, 2.24) is 0 Å². The van der Waals surface area contributed by atoms with E-state index in [1.54, 1.807) is 0 Å². The highest BCUT2D eigenvalue weighted by atomic mass is 16.3. The molecule has 0 heterocycles. The first-order valence-electron chi connectivity index (χ1n) is 7.09. The number of aliphatic hydroxyl groups is 1. The SMILES string of the molecule is Cc1cc(C)c(C2(O)CCCCC2(C)C)cc1C. The van der Waals surface area contributed by atoms with Gasteiger partial charge in [-0.1, -0.05) is 38.8 Å². The lowest BCUT2D eigenvalue weighted by atomic mass is 9.61. The van der Waals surface area contributed by atoms with Crippen molar-refractivity contribution in [3.05, 3.63) is 34.4 Å². The normalized spacial score (nSPS) is 27.2. The Hall–Kier alpha value is -0.820. The fraction of sp³-hybridized carbons (Fsp3) is 0.647. The van der Waals surface area contributed by atoms with Gasteiger partial charge >= 0.3 is 0 Å². The molecule has 18 heavy (non-hydrogen) atoms. The summed E-state index contributed by atoms with van der Waals surface area (Å²) in [4.78, 5) is 0. The molecular weight excluding hydrogens is 220 g/mol. The van der Waals surface area contributed by atoms with Crippen molar-refractivity contribution in [2.45, 2.75) is 65.9 Å². The lowest BCUT2D eigenvalue weighted by Crippen LogP contribution is -2.45. The van der Waals surface area contributed by atoms with E-state index in [2.05, 4.69) is 46.8 Å². The van der Waals surface area contributed by atoms with E-state index in [0.717, 1.165) is 24.8 Å². The van der Waals surface area contributed by atoms with Crippen molar-refractivity contribution in [2.75, 3.05) is 0 Å². The summed E-state index contributed by atoms with van der Waals surface area (Å²) in [5.41, 5.74) is 4.29. The minimum absolute atomic E-state index is 0.0301. The van der Waals surface area contributed by atoms with Crippen LogP contribution >= 0.6 is 0 Å². The van der Waals surface area contributed by atoms with Crippen LogP contribution in [-0.2, 0) is 5.60 Å². The Morgan fingerprint density at radius 1 is 0.889 bits per heavy atom. The van der Waals surface area contributed by atoms with Gasteiger partial charge in [0.15, 0.2) is 0 Å². The van der Waals surface area contributed by atoms with Crippen molar-refractivity contribution in [1.29, 1.82) is 0 Å². The Morgan fingerprint density at radius 2 is 1.44 bits per heavy atom. The molecule has 0 radical (unpaired) electrons. The summed E-state index contributed by atoms with van der Waals surface area (Å²) in [7, 11) is 0. The fourth-order valence-electron chi connectivity index (χ4n) is 3.40. The smallest absolute Gasteiger partial charge is 0.0949 e. The fourth-order valence-corrected chi connectivity index (χ4v) is 3.40. The molecule has 0 aliphatic heterocycles. The summed E-state index contributed by atoms with van der Waals surface area (Å²) in [6, 6.07) is 4.42.